The molecule has 0 aromatic carbocycles. The van der Waals surface area contributed by atoms with E-state index in [1.807, 2.05) is 56.1 Å². The van der Waals surface area contributed by atoms with E-state index in [2.05, 4.69) is 14.0 Å². The molecule has 0 radical (unpaired) electrons. The third-order valence-corrected chi connectivity index (χ3v) is 15.6. The average molecular weight is 332 g/mol. The van der Waals surface area contributed by atoms with Gasteiger partial charge in [-0.05, 0) is 13.8 Å². The molecule has 0 aliphatic carbocycles. The largest absolute Gasteiger partial charge is 0.431 e. The Labute approximate surface area is 122 Å². The Bertz CT molecular complexity index is 285. The SMILES string of the molecule is CCOP(=O)(OCC)S[P+](N(C)C)(N(C)C)N(C)C. The van der Waals surface area contributed by atoms with Crippen LogP contribution >= 0.6 is 24.7 Å². The van der Waals surface area contributed by atoms with E-state index in [4.69, 9.17) is 9.05 Å². The van der Waals surface area contributed by atoms with Crippen molar-refractivity contribution in [1.29, 1.82) is 0 Å². The molecule has 0 amide bonds. The third-order valence-electron chi connectivity index (χ3n) is 2.35. The van der Waals surface area contributed by atoms with Crippen molar-refractivity contribution in [3.05, 3.63) is 0 Å². The lowest BCUT2D eigenvalue weighted by Crippen LogP contribution is -2.33. The molecule has 0 rings (SSSR count). The number of nitrogens with zero attached hydrogens (tertiary/aromatic N) is 3. The van der Waals surface area contributed by atoms with Gasteiger partial charge in [0, 0.05) is 42.3 Å². The van der Waals surface area contributed by atoms with Crippen LogP contribution in [0.2, 0.25) is 0 Å². The van der Waals surface area contributed by atoms with Crippen molar-refractivity contribution in [3.8, 4) is 0 Å². The zero-order chi connectivity index (χ0) is 15.3. The Morgan fingerprint density at radius 2 is 1.21 bits per heavy atom. The Hall–Kier alpha value is 0.810. The Morgan fingerprint density at radius 1 is 0.895 bits per heavy atom. The van der Waals surface area contributed by atoms with Gasteiger partial charge in [0.2, 0.25) is 0 Å². The lowest BCUT2D eigenvalue weighted by atomic mass is 10.9. The van der Waals surface area contributed by atoms with E-state index in [0.717, 1.165) is 0 Å². The van der Waals surface area contributed by atoms with E-state index in [1.165, 1.54) is 11.0 Å². The molecule has 9 heteroatoms. The summed E-state index contributed by atoms with van der Waals surface area (Å²) in [4.78, 5) is 0. The number of rotatable bonds is 9. The smallest absolute Gasteiger partial charge is 0.299 e. The van der Waals surface area contributed by atoms with Crippen LogP contribution in [0.25, 0.3) is 0 Å². The van der Waals surface area contributed by atoms with Gasteiger partial charge in [0.05, 0.1) is 13.2 Å². The standard InChI is InChI=1S/C10H28N3O3P2S/c1-9-15-18(14,16-10-2)19-17(11(3)4,12(5)6)13(7)8/h9-10H2,1-8H3/q+1. The van der Waals surface area contributed by atoms with E-state index in [9.17, 15) is 4.57 Å². The summed E-state index contributed by atoms with van der Waals surface area (Å²) in [5, 5.41) is 0. The second-order valence-corrected chi connectivity index (χ2v) is 14.2. The van der Waals surface area contributed by atoms with Gasteiger partial charge in [-0.3, -0.25) is 9.05 Å². The first-order valence-electron chi connectivity index (χ1n) is 6.19. The van der Waals surface area contributed by atoms with Gasteiger partial charge in [-0.2, -0.15) is 0 Å². The number of hydrogen-bond acceptors (Lipinski definition) is 7. The van der Waals surface area contributed by atoms with E-state index < -0.39 is 13.7 Å². The van der Waals surface area contributed by atoms with Crippen molar-refractivity contribution >= 4 is 24.7 Å². The van der Waals surface area contributed by atoms with Gasteiger partial charge in [0.25, 0.3) is 0 Å². The zero-order valence-corrected chi connectivity index (χ0v) is 15.9. The molecule has 0 atom stereocenters. The van der Waals surface area contributed by atoms with Crippen molar-refractivity contribution in [2.45, 2.75) is 13.8 Å². The zero-order valence-electron chi connectivity index (χ0n) is 13.3. The highest BCUT2D eigenvalue weighted by Crippen LogP contribution is 2.86. The summed E-state index contributed by atoms with van der Waals surface area (Å²) in [7, 11) is 11.9. The molecule has 116 valence electrons. The fraction of sp³-hybridized carbons (Fsp3) is 1.00. The molecule has 0 aromatic rings. The first-order chi connectivity index (χ1) is 8.66. The summed E-state index contributed by atoms with van der Waals surface area (Å²) in [6.45, 7) is -0.750. The van der Waals surface area contributed by atoms with Crippen molar-refractivity contribution in [2.75, 3.05) is 55.5 Å². The first kappa shape index (κ1) is 19.8. The molecule has 6 nitrogen and oxygen atoms in total. The van der Waals surface area contributed by atoms with Crippen LogP contribution in [0.3, 0.4) is 0 Å². The fourth-order valence-electron chi connectivity index (χ4n) is 1.83. The van der Waals surface area contributed by atoms with Crippen LogP contribution < -0.4 is 0 Å². The predicted octanol–water partition coefficient (Wildman–Crippen LogP) is 3.26. The Morgan fingerprint density at radius 3 is 1.42 bits per heavy atom. The lowest BCUT2D eigenvalue weighted by molar-refractivity contribution is 0.237. The molecule has 0 unspecified atom stereocenters. The maximum absolute atomic E-state index is 12.8. The topological polar surface area (TPSA) is 45.3 Å². The molecule has 0 heterocycles. The molecule has 19 heavy (non-hydrogen) atoms. The quantitative estimate of drug-likeness (QED) is 0.601. The van der Waals surface area contributed by atoms with Crippen LogP contribution in [-0.2, 0) is 13.6 Å². The summed E-state index contributed by atoms with van der Waals surface area (Å²) >= 11 is 1.31. The van der Waals surface area contributed by atoms with E-state index in [1.54, 1.807) is 0 Å². The van der Waals surface area contributed by atoms with Crippen LogP contribution in [0.15, 0.2) is 0 Å². The molecule has 0 aromatic heterocycles. The summed E-state index contributed by atoms with van der Waals surface area (Å²) in [5.41, 5.74) is 0. The Kier molecular flexibility index (Phi) is 8.65. The molecule has 0 aliphatic rings. The van der Waals surface area contributed by atoms with Crippen LogP contribution in [0.1, 0.15) is 13.8 Å². The average Bonchev–Trinajstić information content (AvgIpc) is 2.25. The molecule has 0 aliphatic heterocycles. The van der Waals surface area contributed by atoms with E-state index >= 15 is 0 Å². The second kappa shape index (κ2) is 8.30. The fourth-order valence-corrected chi connectivity index (χ4v) is 15.7. The third kappa shape index (κ3) is 4.94. The van der Waals surface area contributed by atoms with Gasteiger partial charge in [0.1, 0.15) is 0 Å². The minimum Gasteiger partial charge on any atom is -0.299 e. The molecule has 0 spiro atoms. The van der Waals surface area contributed by atoms with Crippen LogP contribution in [-0.4, -0.2) is 69.5 Å². The summed E-state index contributed by atoms with van der Waals surface area (Å²) in [6.07, 6.45) is 0. The van der Waals surface area contributed by atoms with Gasteiger partial charge < -0.3 is 0 Å². The molecule has 0 N–H and O–H groups in total. The molecule has 0 bridgehead atoms. The van der Waals surface area contributed by atoms with Crippen LogP contribution in [0, 0.1) is 0 Å². The van der Waals surface area contributed by atoms with E-state index in [-0.39, 0.29) is 0 Å². The summed E-state index contributed by atoms with van der Waals surface area (Å²) in [5.74, 6) is 0. The van der Waals surface area contributed by atoms with Crippen molar-refractivity contribution in [3.63, 3.8) is 0 Å². The highest BCUT2D eigenvalue weighted by molar-refractivity contribution is 8.87. The van der Waals surface area contributed by atoms with Crippen molar-refractivity contribution in [1.82, 2.24) is 14.0 Å². The molecular formula is C10H28N3O3P2S+. The van der Waals surface area contributed by atoms with Crippen LogP contribution in [0.5, 0.6) is 0 Å². The minimum atomic E-state index is -3.16. The molecular weight excluding hydrogens is 304 g/mol. The molecule has 0 saturated heterocycles. The maximum Gasteiger partial charge on any atom is 0.431 e. The molecule has 0 fully saturated rings. The van der Waals surface area contributed by atoms with Crippen LogP contribution in [0.4, 0.5) is 0 Å². The summed E-state index contributed by atoms with van der Waals surface area (Å²) in [6, 6.07) is 0. The van der Waals surface area contributed by atoms with Gasteiger partial charge in [-0.1, -0.05) is 0 Å². The first-order valence-corrected chi connectivity index (χ1v) is 11.4. The summed E-state index contributed by atoms with van der Waals surface area (Å²) < 4.78 is 29.9. The lowest BCUT2D eigenvalue weighted by Gasteiger charge is -2.38. The van der Waals surface area contributed by atoms with Gasteiger partial charge >= 0.3 is 13.7 Å². The van der Waals surface area contributed by atoms with Gasteiger partial charge in [-0.25, -0.2) is 4.57 Å². The normalized spacial score (nSPS) is 13.8. The number of hydrogen-bond donors (Lipinski definition) is 0. The predicted molar refractivity (Wildman–Crippen MR) is 86.4 cm³/mol. The minimum absolute atomic E-state index is 0.374. The van der Waals surface area contributed by atoms with Crippen molar-refractivity contribution in [2.24, 2.45) is 0 Å². The van der Waals surface area contributed by atoms with Crippen molar-refractivity contribution < 1.29 is 13.6 Å². The second-order valence-electron chi connectivity index (χ2n) is 4.42. The monoisotopic (exact) mass is 332 g/mol. The maximum atomic E-state index is 12.8. The highest BCUT2D eigenvalue weighted by atomic mass is 33.1. The van der Waals surface area contributed by atoms with Gasteiger partial charge in [-0.15, -0.1) is 14.0 Å². The van der Waals surface area contributed by atoms with Gasteiger partial charge in [0.15, 0.2) is 11.0 Å². The Balaban J connectivity index is 5.45. The highest BCUT2D eigenvalue weighted by Gasteiger charge is 2.57. The van der Waals surface area contributed by atoms with E-state index in [0.29, 0.717) is 13.2 Å². The molecule has 0 saturated carbocycles.